The highest BCUT2D eigenvalue weighted by Crippen LogP contribution is 2.43. The van der Waals surface area contributed by atoms with Crippen LogP contribution in [0.25, 0.3) is 0 Å². The van der Waals surface area contributed by atoms with E-state index in [1.807, 2.05) is 27.7 Å². The number of rotatable bonds is 2. The summed E-state index contributed by atoms with van der Waals surface area (Å²) in [5.41, 5.74) is 0.0723. The second-order valence-electron chi connectivity index (χ2n) is 5.37. The summed E-state index contributed by atoms with van der Waals surface area (Å²) < 4.78 is 5.86. The van der Waals surface area contributed by atoms with Crippen LogP contribution in [0.1, 0.15) is 41.0 Å². The molecule has 1 heterocycles. The molecule has 1 atom stereocenters. The van der Waals surface area contributed by atoms with E-state index in [1.54, 1.807) is 6.92 Å². The second-order valence-corrected chi connectivity index (χ2v) is 5.37. The normalized spacial score (nSPS) is 28.8. The minimum absolute atomic E-state index is 0.0463. The average Bonchev–Trinajstić information content (AvgIpc) is 2.17. The predicted molar refractivity (Wildman–Crippen MR) is 57.2 cm³/mol. The van der Waals surface area contributed by atoms with Crippen molar-refractivity contribution in [2.75, 3.05) is 0 Å². The van der Waals surface area contributed by atoms with Crippen LogP contribution >= 0.6 is 0 Å². The van der Waals surface area contributed by atoms with Gasteiger partial charge in [0, 0.05) is 0 Å². The maximum atomic E-state index is 11.9. The molecule has 1 rings (SSSR count). The van der Waals surface area contributed by atoms with Crippen LogP contribution in [0.3, 0.4) is 0 Å². The van der Waals surface area contributed by atoms with Gasteiger partial charge < -0.3 is 4.74 Å². The van der Waals surface area contributed by atoms with E-state index in [1.165, 1.54) is 0 Å². The SMILES string of the molecule is C=C(C)C(=O)C1CC(C)(C)OC1(C)C. The summed E-state index contributed by atoms with van der Waals surface area (Å²) in [5.74, 6) is 0.0931. The van der Waals surface area contributed by atoms with Gasteiger partial charge in [0.15, 0.2) is 5.78 Å². The predicted octanol–water partition coefficient (Wildman–Crippen LogP) is 2.73. The van der Waals surface area contributed by atoms with Gasteiger partial charge in [0.2, 0.25) is 0 Å². The molecule has 1 unspecified atom stereocenters. The third-order valence-electron chi connectivity index (χ3n) is 2.81. The Morgan fingerprint density at radius 3 is 2.14 bits per heavy atom. The van der Waals surface area contributed by atoms with E-state index >= 15 is 0 Å². The van der Waals surface area contributed by atoms with Gasteiger partial charge in [-0.2, -0.15) is 0 Å². The summed E-state index contributed by atoms with van der Waals surface area (Å²) >= 11 is 0. The first kappa shape index (κ1) is 11.4. The lowest BCUT2D eigenvalue weighted by Gasteiger charge is -2.26. The van der Waals surface area contributed by atoms with Gasteiger partial charge in [0.25, 0.3) is 0 Å². The van der Waals surface area contributed by atoms with Gasteiger partial charge in [-0.1, -0.05) is 6.58 Å². The maximum Gasteiger partial charge on any atom is 0.164 e. The fourth-order valence-corrected chi connectivity index (χ4v) is 2.27. The van der Waals surface area contributed by atoms with E-state index in [9.17, 15) is 4.79 Å². The molecule has 1 fully saturated rings. The Morgan fingerprint density at radius 2 is 1.86 bits per heavy atom. The van der Waals surface area contributed by atoms with E-state index in [-0.39, 0.29) is 22.9 Å². The first-order chi connectivity index (χ1) is 6.16. The van der Waals surface area contributed by atoms with Crippen LogP contribution in [0.5, 0.6) is 0 Å². The van der Waals surface area contributed by atoms with Crippen LogP contribution in [-0.4, -0.2) is 17.0 Å². The number of Topliss-reactive ketones (excluding diaryl/α,β-unsaturated/α-hetero) is 1. The van der Waals surface area contributed by atoms with Crippen LogP contribution in [0.4, 0.5) is 0 Å². The Bertz CT molecular complexity index is 274. The van der Waals surface area contributed by atoms with Gasteiger partial charge in [-0.25, -0.2) is 0 Å². The molecule has 1 saturated heterocycles. The minimum atomic E-state index is -0.362. The Balaban J connectivity index is 2.91. The minimum Gasteiger partial charge on any atom is -0.369 e. The number of hydrogen-bond acceptors (Lipinski definition) is 2. The van der Waals surface area contributed by atoms with Crippen LogP contribution < -0.4 is 0 Å². The third kappa shape index (κ3) is 2.06. The van der Waals surface area contributed by atoms with E-state index in [2.05, 4.69) is 6.58 Å². The molecule has 2 nitrogen and oxygen atoms in total. The van der Waals surface area contributed by atoms with Crippen LogP contribution in [0.2, 0.25) is 0 Å². The maximum absolute atomic E-state index is 11.9. The molecule has 0 radical (unpaired) electrons. The van der Waals surface area contributed by atoms with Crippen LogP contribution in [0.15, 0.2) is 12.2 Å². The molecular weight excluding hydrogens is 176 g/mol. The lowest BCUT2D eigenvalue weighted by atomic mass is 9.82. The van der Waals surface area contributed by atoms with E-state index in [0.717, 1.165) is 6.42 Å². The molecule has 0 saturated carbocycles. The smallest absolute Gasteiger partial charge is 0.164 e. The second kappa shape index (κ2) is 3.20. The highest BCUT2D eigenvalue weighted by atomic mass is 16.5. The van der Waals surface area contributed by atoms with Crippen molar-refractivity contribution < 1.29 is 9.53 Å². The highest BCUT2D eigenvalue weighted by Gasteiger charge is 2.48. The van der Waals surface area contributed by atoms with E-state index in [4.69, 9.17) is 4.74 Å². The Hall–Kier alpha value is -0.630. The van der Waals surface area contributed by atoms with Crippen molar-refractivity contribution in [1.82, 2.24) is 0 Å². The van der Waals surface area contributed by atoms with Gasteiger partial charge in [-0.15, -0.1) is 0 Å². The zero-order valence-electron chi connectivity index (χ0n) is 9.81. The molecule has 0 aliphatic carbocycles. The van der Waals surface area contributed by atoms with Crippen molar-refractivity contribution in [3.8, 4) is 0 Å². The van der Waals surface area contributed by atoms with Crippen molar-refractivity contribution in [2.24, 2.45) is 5.92 Å². The zero-order chi connectivity index (χ0) is 11.1. The Morgan fingerprint density at radius 1 is 1.36 bits per heavy atom. The Kier molecular flexibility index (Phi) is 2.61. The van der Waals surface area contributed by atoms with Gasteiger partial charge in [0.05, 0.1) is 17.1 Å². The van der Waals surface area contributed by atoms with Crippen molar-refractivity contribution in [1.29, 1.82) is 0 Å². The molecule has 0 spiro atoms. The van der Waals surface area contributed by atoms with E-state index in [0.29, 0.717) is 5.57 Å². The molecule has 0 aromatic rings. The van der Waals surface area contributed by atoms with Crippen molar-refractivity contribution in [3.05, 3.63) is 12.2 Å². The number of carbonyl (C=O) groups excluding carboxylic acids is 1. The number of carbonyl (C=O) groups is 1. The first-order valence-corrected chi connectivity index (χ1v) is 5.06. The lowest BCUT2D eigenvalue weighted by Crippen LogP contribution is -2.34. The highest BCUT2D eigenvalue weighted by molar-refractivity contribution is 5.97. The molecule has 80 valence electrons. The summed E-state index contributed by atoms with van der Waals surface area (Å²) in [6.45, 7) is 13.5. The van der Waals surface area contributed by atoms with Crippen molar-refractivity contribution in [3.63, 3.8) is 0 Å². The summed E-state index contributed by atoms with van der Waals surface area (Å²) in [6.07, 6.45) is 0.783. The molecule has 0 aromatic carbocycles. The number of hydrogen-bond donors (Lipinski definition) is 0. The van der Waals surface area contributed by atoms with Crippen LogP contribution in [0, 0.1) is 5.92 Å². The summed E-state index contributed by atoms with van der Waals surface area (Å²) in [7, 11) is 0. The molecule has 14 heavy (non-hydrogen) atoms. The van der Waals surface area contributed by atoms with Crippen LogP contribution in [-0.2, 0) is 9.53 Å². The number of ketones is 1. The summed E-state index contributed by atoms with van der Waals surface area (Å²) in [5, 5.41) is 0. The van der Waals surface area contributed by atoms with Gasteiger partial charge in [-0.3, -0.25) is 4.79 Å². The topological polar surface area (TPSA) is 26.3 Å². The largest absolute Gasteiger partial charge is 0.369 e. The molecule has 1 aliphatic rings. The third-order valence-corrected chi connectivity index (χ3v) is 2.81. The number of ether oxygens (including phenoxy) is 1. The fourth-order valence-electron chi connectivity index (χ4n) is 2.27. The van der Waals surface area contributed by atoms with Crippen molar-refractivity contribution in [2.45, 2.75) is 52.2 Å². The zero-order valence-corrected chi connectivity index (χ0v) is 9.81. The molecule has 0 N–H and O–H groups in total. The lowest BCUT2D eigenvalue weighted by molar-refractivity contribution is -0.125. The Labute approximate surface area is 86.3 Å². The molecule has 0 amide bonds. The van der Waals surface area contributed by atoms with Gasteiger partial charge in [0.1, 0.15) is 0 Å². The fraction of sp³-hybridized carbons (Fsp3) is 0.750. The average molecular weight is 196 g/mol. The standard InChI is InChI=1S/C12H20O2/c1-8(2)10(13)9-7-11(3,4)14-12(9,5)6/h9H,1,7H2,2-6H3. The molecular formula is C12H20O2. The summed E-state index contributed by atoms with van der Waals surface area (Å²) in [4.78, 5) is 11.9. The van der Waals surface area contributed by atoms with E-state index < -0.39 is 0 Å². The molecule has 1 aliphatic heterocycles. The quantitative estimate of drug-likeness (QED) is 0.635. The number of allylic oxidation sites excluding steroid dienone is 1. The molecule has 0 aromatic heterocycles. The summed E-state index contributed by atoms with van der Waals surface area (Å²) in [6, 6.07) is 0. The molecule has 2 heteroatoms. The first-order valence-electron chi connectivity index (χ1n) is 5.06. The monoisotopic (exact) mass is 196 g/mol. The van der Waals surface area contributed by atoms with Gasteiger partial charge >= 0.3 is 0 Å². The van der Waals surface area contributed by atoms with Crippen molar-refractivity contribution >= 4 is 5.78 Å². The molecule has 0 bridgehead atoms. The van der Waals surface area contributed by atoms with Gasteiger partial charge in [-0.05, 0) is 46.6 Å².